The molecule has 6 heteroatoms. The van der Waals surface area contributed by atoms with Gasteiger partial charge in [-0.15, -0.1) is 0 Å². The van der Waals surface area contributed by atoms with Crippen LogP contribution in [0.25, 0.3) is 0 Å². The van der Waals surface area contributed by atoms with E-state index in [-0.39, 0.29) is 0 Å². The number of aliphatic imine (C=N–C) groups is 1. The van der Waals surface area contributed by atoms with E-state index in [0.29, 0.717) is 12.5 Å². The Hall–Kier alpha value is -1.56. The summed E-state index contributed by atoms with van der Waals surface area (Å²) in [5.41, 5.74) is 0.996. The first kappa shape index (κ1) is 19.8. The average Bonchev–Trinajstić information content (AvgIpc) is 3.26. The van der Waals surface area contributed by atoms with Gasteiger partial charge in [-0.25, -0.2) is 4.99 Å². The number of hydrogen-bond donors (Lipinski definition) is 1. The minimum atomic E-state index is 0.383. The summed E-state index contributed by atoms with van der Waals surface area (Å²) < 4.78 is 5.41. The van der Waals surface area contributed by atoms with Gasteiger partial charge in [-0.05, 0) is 38.3 Å². The molecule has 1 unspecified atom stereocenters. The van der Waals surface area contributed by atoms with E-state index >= 15 is 0 Å². The molecule has 1 saturated heterocycles. The van der Waals surface area contributed by atoms with Gasteiger partial charge in [0.05, 0.1) is 5.69 Å². The smallest absolute Gasteiger partial charge is 0.194 e. The van der Waals surface area contributed by atoms with Crippen molar-refractivity contribution in [1.29, 1.82) is 0 Å². The van der Waals surface area contributed by atoms with E-state index in [4.69, 9.17) is 9.52 Å². The Morgan fingerprint density at radius 1 is 1.40 bits per heavy atom. The molecule has 0 aliphatic carbocycles. The van der Waals surface area contributed by atoms with Crippen molar-refractivity contribution in [3.63, 3.8) is 0 Å². The lowest BCUT2D eigenvalue weighted by Gasteiger charge is -2.24. The molecule has 1 fully saturated rings. The Morgan fingerprint density at radius 3 is 2.76 bits per heavy atom. The third-order valence-corrected chi connectivity index (χ3v) is 4.88. The predicted octanol–water partition coefficient (Wildman–Crippen LogP) is 2.93. The monoisotopic (exact) mass is 349 g/mol. The van der Waals surface area contributed by atoms with E-state index in [1.54, 1.807) is 0 Å². The zero-order valence-electron chi connectivity index (χ0n) is 16.6. The highest BCUT2D eigenvalue weighted by Gasteiger charge is 2.26. The van der Waals surface area contributed by atoms with E-state index in [1.807, 2.05) is 6.07 Å². The number of aromatic nitrogens is 1. The van der Waals surface area contributed by atoms with Gasteiger partial charge in [-0.2, -0.15) is 0 Å². The van der Waals surface area contributed by atoms with Crippen LogP contribution in [0.3, 0.4) is 0 Å². The molecule has 142 valence electrons. The summed E-state index contributed by atoms with van der Waals surface area (Å²) in [4.78, 5) is 9.68. The van der Waals surface area contributed by atoms with Gasteiger partial charge in [0, 0.05) is 32.2 Å². The highest BCUT2D eigenvalue weighted by molar-refractivity contribution is 5.80. The maximum Gasteiger partial charge on any atom is 0.194 e. The highest BCUT2D eigenvalue weighted by atomic mass is 16.5. The van der Waals surface area contributed by atoms with Crippen LogP contribution in [0.15, 0.2) is 15.6 Å². The zero-order chi connectivity index (χ0) is 18.2. The van der Waals surface area contributed by atoms with Gasteiger partial charge in [-0.1, -0.05) is 32.9 Å². The fourth-order valence-electron chi connectivity index (χ4n) is 3.28. The topological polar surface area (TPSA) is 56.9 Å². The Bertz CT molecular complexity index is 536. The molecule has 25 heavy (non-hydrogen) atoms. The molecule has 1 N–H and O–H groups in total. The lowest BCUT2D eigenvalue weighted by atomic mass is 10.1. The number of nitrogens with zero attached hydrogens (tertiary/aromatic N) is 4. The molecule has 1 aromatic heterocycles. The van der Waals surface area contributed by atoms with Crippen molar-refractivity contribution in [3.05, 3.63) is 17.5 Å². The second kappa shape index (κ2) is 9.80. The van der Waals surface area contributed by atoms with Gasteiger partial charge in [0.2, 0.25) is 0 Å². The molecular formula is C19H35N5O. The average molecular weight is 350 g/mol. The molecule has 2 rings (SSSR count). The Morgan fingerprint density at radius 2 is 2.16 bits per heavy atom. The molecule has 1 atom stereocenters. The van der Waals surface area contributed by atoms with Crippen LogP contribution in [-0.4, -0.2) is 60.2 Å². The van der Waals surface area contributed by atoms with Gasteiger partial charge in [0.1, 0.15) is 6.54 Å². The molecule has 1 aromatic rings. The summed E-state index contributed by atoms with van der Waals surface area (Å²) in [6.07, 6.45) is 1.24. The van der Waals surface area contributed by atoms with Crippen LogP contribution in [-0.2, 0) is 6.54 Å². The molecule has 6 nitrogen and oxygen atoms in total. The molecular weight excluding hydrogens is 314 g/mol. The fraction of sp³-hybridized carbons (Fsp3) is 0.789. The van der Waals surface area contributed by atoms with Gasteiger partial charge >= 0.3 is 0 Å². The number of rotatable bonds is 8. The van der Waals surface area contributed by atoms with Crippen LogP contribution in [0.5, 0.6) is 0 Å². The maximum atomic E-state index is 5.41. The number of guanidine groups is 1. The number of nitrogens with one attached hydrogen (secondary N) is 1. The second-order valence-corrected chi connectivity index (χ2v) is 7.13. The standard InChI is InChI=1S/C19H35N5O/c1-6-20-19(21-12-17-11-18(15(4)5)22-25-17)24-10-9-16(14-24)13-23(7-2)8-3/h11,15-16H,6-10,12-14H2,1-5H3,(H,20,21). The summed E-state index contributed by atoms with van der Waals surface area (Å²) in [5, 5.41) is 7.54. The molecule has 2 heterocycles. The van der Waals surface area contributed by atoms with E-state index in [9.17, 15) is 0 Å². The first-order valence-corrected chi connectivity index (χ1v) is 9.78. The summed E-state index contributed by atoms with van der Waals surface area (Å²) in [6.45, 7) is 17.9. The van der Waals surface area contributed by atoms with Gasteiger partial charge in [0.25, 0.3) is 0 Å². The van der Waals surface area contributed by atoms with Crippen LogP contribution in [0.2, 0.25) is 0 Å². The third-order valence-electron chi connectivity index (χ3n) is 4.88. The zero-order valence-corrected chi connectivity index (χ0v) is 16.6. The molecule has 0 amide bonds. The Labute approximate surface area is 152 Å². The summed E-state index contributed by atoms with van der Waals surface area (Å²) in [6, 6.07) is 2.02. The SMILES string of the molecule is CCNC(=NCc1cc(C(C)C)no1)N1CCC(CN(CC)CC)C1. The first-order chi connectivity index (χ1) is 12.1. The molecule has 1 aliphatic heterocycles. The first-order valence-electron chi connectivity index (χ1n) is 9.78. The van der Waals surface area contributed by atoms with Gasteiger partial charge in [-0.3, -0.25) is 0 Å². The van der Waals surface area contributed by atoms with Crippen LogP contribution in [0, 0.1) is 5.92 Å². The van der Waals surface area contributed by atoms with Crippen molar-refractivity contribution in [2.75, 3.05) is 39.3 Å². The highest BCUT2D eigenvalue weighted by Crippen LogP contribution is 2.18. The van der Waals surface area contributed by atoms with E-state index in [2.05, 4.69) is 54.9 Å². The molecule has 1 aliphatic rings. The van der Waals surface area contributed by atoms with Crippen LogP contribution in [0.1, 0.15) is 58.4 Å². The van der Waals surface area contributed by atoms with Crippen molar-refractivity contribution < 1.29 is 4.52 Å². The minimum absolute atomic E-state index is 0.383. The third kappa shape index (κ3) is 5.73. The molecule has 0 radical (unpaired) electrons. The predicted molar refractivity (Wildman–Crippen MR) is 103 cm³/mol. The van der Waals surface area contributed by atoms with E-state index in [1.165, 1.54) is 13.0 Å². The quantitative estimate of drug-likeness (QED) is 0.578. The van der Waals surface area contributed by atoms with Crippen molar-refractivity contribution in [2.24, 2.45) is 10.9 Å². The van der Waals surface area contributed by atoms with Crippen LogP contribution < -0.4 is 5.32 Å². The summed E-state index contributed by atoms with van der Waals surface area (Å²) in [7, 11) is 0. The normalized spacial score (nSPS) is 18.6. The Kier molecular flexibility index (Phi) is 7.75. The largest absolute Gasteiger partial charge is 0.359 e. The lowest BCUT2D eigenvalue weighted by molar-refractivity contribution is 0.255. The molecule has 0 aromatic carbocycles. The van der Waals surface area contributed by atoms with Crippen LogP contribution >= 0.6 is 0 Å². The number of hydrogen-bond acceptors (Lipinski definition) is 4. The second-order valence-electron chi connectivity index (χ2n) is 7.13. The summed E-state index contributed by atoms with van der Waals surface area (Å²) in [5.74, 6) is 2.93. The lowest BCUT2D eigenvalue weighted by Crippen LogP contribution is -2.40. The van der Waals surface area contributed by atoms with Gasteiger partial charge in [0.15, 0.2) is 11.7 Å². The Balaban J connectivity index is 1.95. The van der Waals surface area contributed by atoms with E-state index in [0.717, 1.165) is 56.1 Å². The maximum absolute atomic E-state index is 5.41. The van der Waals surface area contributed by atoms with Crippen molar-refractivity contribution in [1.82, 2.24) is 20.3 Å². The van der Waals surface area contributed by atoms with Crippen molar-refractivity contribution in [3.8, 4) is 0 Å². The minimum Gasteiger partial charge on any atom is -0.359 e. The molecule has 0 spiro atoms. The molecule has 0 saturated carbocycles. The van der Waals surface area contributed by atoms with Crippen molar-refractivity contribution in [2.45, 2.75) is 53.5 Å². The summed E-state index contributed by atoms with van der Waals surface area (Å²) >= 11 is 0. The van der Waals surface area contributed by atoms with E-state index < -0.39 is 0 Å². The fourth-order valence-corrected chi connectivity index (χ4v) is 3.28. The van der Waals surface area contributed by atoms with Crippen LogP contribution in [0.4, 0.5) is 0 Å². The van der Waals surface area contributed by atoms with Gasteiger partial charge < -0.3 is 19.6 Å². The molecule has 0 bridgehead atoms. The van der Waals surface area contributed by atoms with Crippen molar-refractivity contribution >= 4 is 5.96 Å². The number of likely N-dealkylation sites (tertiary alicyclic amines) is 1.